The Morgan fingerprint density at radius 1 is 0.920 bits per heavy atom. The molecule has 4 nitrogen and oxygen atoms in total. The fraction of sp³-hybridized carbons (Fsp3) is 0.579. The van der Waals surface area contributed by atoms with Gasteiger partial charge in [0.15, 0.2) is 9.84 Å². The molecule has 1 rings (SSSR count). The van der Waals surface area contributed by atoms with Gasteiger partial charge in [0.05, 0.1) is 5.75 Å². The molecule has 6 heteroatoms. The number of benzene rings is 1. The number of unbranched alkanes of at least 4 members (excludes halogenated alkanes) is 3. The second-order valence-corrected chi connectivity index (χ2v) is 8.23. The molecule has 0 saturated carbocycles. The normalized spacial score (nSPS) is 12.2. The SMILES string of the molecule is CCCCCC(CCCC)CS(=O)(=O)c1ccc([C-]=O)c([C-]=O)c1.[Y]. The van der Waals surface area contributed by atoms with Crippen molar-refractivity contribution in [3.05, 3.63) is 29.3 Å². The zero-order valence-corrected chi connectivity index (χ0v) is 18.7. The maximum Gasteiger partial charge on any atom is 0.165 e. The van der Waals surface area contributed by atoms with Crippen molar-refractivity contribution >= 4 is 22.4 Å². The van der Waals surface area contributed by atoms with E-state index in [-0.39, 0.29) is 60.4 Å². The van der Waals surface area contributed by atoms with Crippen LogP contribution in [0.4, 0.5) is 0 Å². The molecular formula is C19H26O4SY-2. The molecule has 1 aromatic carbocycles. The molecule has 0 aliphatic heterocycles. The monoisotopic (exact) mass is 439 g/mol. The van der Waals surface area contributed by atoms with Gasteiger partial charge < -0.3 is 9.59 Å². The maximum atomic E-state index is 12.7. The summed E-state index contributed by atoms with van der Waals surface area (Å²) in [6, 6.07) is 3.92. The van der Waals surface area contributed by atoms with Gasteiger partial charge in [0, 0.05) is 32.7 Å². The van der Waals surface area contributed by atoms with Gasteiger partial charge in [-0.1, -0.05) is 46.0 Å². The van der Waals surface area contributed by atoms with Crippen LogP contribution in [0.1, 0.15) is 69.9 Å². The summed E-state index contributed by atoms with van der Waals surface area (Å²) >= 11 is 0. The second kappa shape index (κ2) is 12.9. The molecule has 0 N–H and O–H groups in total. The summed E-state index contributed by atoms with van der Waals surface area (Å²) < 4.78 is 25.4. The van der Waals surface area contributed by atoms with Gasteiger partial charge in [0.2, 0.25) is 0 Å². The average Bonchev–Trinajstić information content (AvgIpc) is 2.58. The van der Waals surface area contributed by atoms with E-state index >= 15 is 0 Å². The fourth-order valence-corrected chi connectivity index (χ4v) is 4.50. The number of sulfone groups is 1. The average molecular weight is 439 g/mol. The Morgan fingerprint density at radius 3 is 2.08 bits per heavy atom. The fourth-order valence-electron chi connectivity index (χ4n) is 2.78. The van der Waals surface area contributed by atoms with E-state index in [1.165, 1.54) is 18.2 Å². The summed E-state index contributed by atoms with van der Waals surface area (Å²) in [6.45, 7) is 4.22. The van der Waals surface area contributed by atoms with Crippen molar-refractivity contribution in [1.29, 1.82) is 0 Å². The summed E-state index contributed by atoms with van der Waals surface area (Å²) in [5, 5.41) is 0. The molecule has 0 heterocycles. The van der Waals surface area contributed by atoms with Crippen molar-refractivity contribution in [3.63, 3.8) is 0 Å². The topological polar surface area (TPSA) is 68.3 Å². The second-order valence-electron chi connectivity index (χ2n) is 6.20. The zero-order chi connectivity index (χ0) is 18.0. The molecule has 1 aromatic rings. The van der Waals surface area contributed by atoms with Gasteiger partial charge in [-0.05, 0) is 36.2 Å². The van der Waals surface area contributed by atoms with Gasteiger partial charge in [0.1, 0.15) is 0 Å². The van der Waals surface area contributed by atoms with Crippen LogP contribution in [0.5, 0.6) is 0 Å². The van der Waals surface area contributed by atoms with Gasteiger partial charge in [0.25, 0.3) is 0 Å². The number of hydrogen-bond donors (Lipinski definition) is 0. The first-order valence-electron chi connectivity index (χ1n) is 8.61. The predicted molar refractivity (Wildman–Crippen MR) is 95.2 cm³/mol. The van der Waals surface area contributed by atoms with Crippen molar-refractivity contribution in [2.45, 2.75) is 63.7 Å². The molecule has 25 heavy (non-hydrogen) atoms. The molecule has 0 bridgehead atoms. The van der Waals surface area contributed by atoms with Crippen molar-refractivity contribution in [2.75, 3.05) is 5.75 Å². The van der Waals surface area contributed by atoms with Crippen molar-refractivity contribution < 1.29 is 50.7 Å². The first-order valence-corrected chi connectivity index (χ1v) is 10.3. The van der Waals surface area contributed by atoms with Gasteiger partial charge in [-0.25, -0.2) is 14.5 Å². The maximum absolute atomic E-state index is 12.7. The molecule has 0 fully saturated rings. The number of rotatable bonds is 12. The molecule has 1 radical (unpaired) electrons. The van der Waals surface area contributed by atoms with Gasteiger partial charge >= 0.3 is 0 Å². The third kappa shape index (κ3) is 8.23. The molecular weight excluding hydrogens is 413 g/mol. The minimum Gasteiger partial charge on any atom is -0.391 e. The summed E-state index contributed by atoms with van der Waals surface area (Å²) in [4.78, 5) is 21.7. The molecule has 0 aromatic heterocycles. The van der Waals surface area contributed by atoms with Crippen molar-refractivity contribution in [3.8, 4) is 0 Å². The van der Waals surface area contributed by atoms with Gasteiger partial charge in [-0.15, -0.1) is 6.07 Å². The Balaban J connectivity index is 0.00000576. The first-order chi connectivity index (χ1) is 11.5. The number of carbonyl (C=O) groups excluding carboxylic acids is 2. The predicted octanol–water partition coefficient (Wildman–Crippen LogP) is 3.76. The van der Waals surface area contributed by atoms with E-state index in [1.807, 2.05) is 0 Å². The molecule has 0 saturated heterocycles. The van der Waals surface area contributed by atoms with Crippen LogP contribution in [0.3, 0.4) is 0 Å². The Morgan fingerprint density at radius 2 is 1.52 bits per heavy atom. The summed E-state index contributed by atoms with van der Waals surface area (Å²) in [5.74, 6) is 0.210. The quantitative estimate of drug-likeness (QED) is 0.367. The largest absolute Gasteiger partial charge is 0.391 e. The molecule has 1 unspecified atom stereocenters. The summed E-state index contributed by atoms with van der Waals surface area (Å²) in [5.41, 5.74) is -0.0170. The summed E-state index contributed by atoms with van der Waals surface area (Å²) in [6.07, 6.45) is 10.3. The minimum atomic E-state index is -3.49. The van der Waals surface area contributed by atoms with Crippen molar-refractivity contribution in [1.82, 2.24) is 0 Å². The molecule has 1 atom stereocenters. The third-order valence-corrected chi connectivity index (χ3v) is 6.09. The smallest absolute Gasteiger partial charge is 0.165 e. The van der Waals surface area contributed by atoms with Crippen LogP contribution in [0.25, 0.3) is 0 Å². The van der Waals surface area contributed by atoms with Crippen LogP contribution in [-0.4, -0.2) is 26.7 Å². The zero-order valence-electron chi connectivity index (χ0n) is 15.1. The number of hydrogen-bond acceptors (Lipinski definition) is 4. The van der Waals surface area contributed by atoms with E-state index in [1.54, 1.807) is 12.6 Å². The van der Waals surface area contributed by atoms with Crippen molar-refractivity contribution in [2.24, 2.45) is 5.92 Å². The van der Waals surface area contributed by atoms with E-state index < -0.39 is 9.84 Å². The van der Waals surface area contributed by atoms with E-state index in [2.05, 4.69) is 13.8 Å². The molecule has 0 aliphatic rings. The molecule has 137 valence electrons. The van der Waals surface area contributed by atoms with E-state index in [0.29, 0.717) is 0 Å². The molecule has 0 spiro atoms. The van der Waals surface area contributed by atoms with E-state index in [0.717, 1.165) is 44.9 Å². The standard InChI is InChI=1S/C19H26O4S.Y/c1-3-5-7-9-16(8-6-4-2)15-24(22,23)19-11-10-17(13-20)18(12-19)14-21;/h10-12,16H,3-9,15H2,1-2H3;/q-2;. The van der Waals surface area contributed by atoms with Crippen LogP contribution in [0.2, 0.25) is 0 Å². The van der Waals surface area contributed by atoms with Crippen LogP contribution in [-0.2, 0) is 52.1 Å². The third-order valence-electron chi connectivity index (χ3n) is 4.21. The minimum absolute atomic E-state index is 0. The first kappa shape index (κ1) is 24.6. The van der Waals surface area contributed by atoms with Gasteiger partial charge in [-0.3, -0.25) is 11.1 Å². The van der Waals surface area contributed by atoms with Crippen LogP contribution < -0.4 is 0 Å². The Bertz CT molecular complexity index is 641. The van der Waals surface area contributed by atoms with Gasteiger partial charge in [-0.2, -0.15) is 6.07 Å². The molecule has 0 aliphatic carbocycles. The van der Waals surface area contributed by atoms with Crippen LogP contribution >= 0.6 is 0 Å². The molecule has 0 amide bonds. The summed E-state index contributed by atoms with van der Waals surface area (Å²) in [7, 11) is -3.49. The Hall–Kier alpha value is -0.386. The van der Waals surface area contributed by atoms with E-state index in [9.17, 15) is 18.0 Å². The Kier molecular flexibility index (Phi) is 12.7. The Labute approximate surface area is 177 Å². The van der Waals surface area contributed by atoms with E-state index in [4.69, 9.17) is 0 Å². The van der Waals surface area contributed by atoms with Crippen LogP contribution in [0.15, 0.2) is 23.1 Å². The van der Waals surface area contributed by atoms with Crippen LogP contribution in [0, 0.1) is 5.92 Å².